The molecule has 0 aliphatic heterocycles. The summed E-state index contributed by atoms with van der Waals surface area (Å²) in [6.45, 7) is 0. The third-order valence-corrected chi connectivity index (χ3v) is 2.90. The van der Waals surface area contributed by atoms with Crippen LogP contribution in [-0.2, 0) is 0 Å². The van der Waals surface area contributed by atoms with E-state index in [0.717, 1.165) is 10.8 Å². The minimum Gasteiger partial charge on any atom is -0.368 e. The number of nitrogens with one attached hydrogen (secondary N) is 1. The number of hydrogen-bond donors (Lipinski definition) is 2. The number of aromatic nitrogens is 3. The second-order valence-electron chi connectivity index (χ2n) is 3.98. The first-order valence-corrected chi connectivity index (χ1v) is 5.99. The Hall–Kier alpha value is -2.40. The normalized spacial score (nSPS) is 10.6. The van der Waals surface area contributed by atoms with E-state index in [1.807, 2.05) is 24.3 Å². The van der Waals surface area contributed by atoms with Gasteiger partial charge >= 0.3 is 0 Å². The number of fused-ring (bicyclic) bond motifs is 1. The molecule has 3 rings (SSSR count). The van der Waals surface area contributed by atoms with E-state index in [-0.39, 0.29) is 5.95 Å². The molecule has 0 aliphatic rings. The molecule has 0 radical (unpaired) electrons. The van der Waals surface area contributed by atoms with Crippen LogP contribution in [0.3, 0.4) is 0 Å². The molecule has 1 aromatic carbocycles. The molecule has 0 unspecified atom stereocenters. The van der Waals surface area contributed by atoms with Gasteiger partial charge in [-0.25, -0.2) is 15.0 Å². The number of halogens is 1. The van der Waals surface area contributed by atoms with Crippen molar-refractivity contribution in [3.63, 3.8) is 0 Å². The Morgan fingerprint density at radius 1 is 1.05 bits per heavy atom. The fourth-order valence-corrected chi connectivity index (χ4v) is 1.95. The standard InChI is InChI=1S/C13H10ClN5/c14-9-2-1-8-3-4-16-12(11(8)5-9)19-10-6-17-13(15)18-7-10/h1-7H,(H,16,19)(H2,15,17,18). The molecule has 0 amide bonds. The van der Waals surface area contributed by atoms with Gasteiger partial charge in [0.2, 0.25) is 5.95 Å². The van der Waals surface area contributed by atoms with Gasteiger partial charge in [0.05, 0.1) is 18.1 Å². The Bertz CT molecular complexity index is 727. The predicted octanol–water partition coefficient (Wildman–Crippen LogP) is 3.00. The van der Waals surface area contributed by atoms with Gasteiger partial charge in [-0.1, -0.05) is 17.7 Å². The first-order valence-electron chi connectivity index (χ1n) is 5.61. The van der Waals surface area contributed by atoms with Crippen LogP contribution in [0.5, 0.6) is 0 Å². The van der Waals surface area contributed by atoms with E-state index in [4.69, 9.17) is 17.3 Å². The molecule has 5 nitrogen and oxygen atoms in total. The fourth-order valence-electron chi connectivity index (χ4n) is 1.78. The third kappa shape index (κ3) is 2.41. The Morgan fingerprint density at radius 2 is 1.84 bits per heavy atom. The Balaban J connectivity index is 2.05. The summed E-state index contributed by atoms with van der Waals surface area (Å²) in [5.74, 6) is 0.938. The molecule has 94 valence electrons. The highest BCUT2D eigenvalue weighted by Crippen LogP contribution is 2.26. The van der Waals surface area contributed by atoms with Gasteiger partial charge in [-0.3, -0.25) is 0 Å². The van der Waals surface area contributed by atoms with Crippen LogP contribution in [0.2, 0.25) is 5.02 Å². The number of hydrogen-bond acceptors (Lipinski definition) is 5. The van der Waals surface area contributed by atoms with Gasteiger partial charge in [0.1, 0.15) is 5.82 Å². The van der Waals surface area contributed by atoms with Crippen LogP contribution in [0.1, 0.15) is 0 Å². The van der Waals surface area contributed by atoms with E-state index in [1.165, 1.54) is 0 Å². The van der Waals surface area contributed by atoms with Gasteiger partial charge in [-0.15, -0.1) is 0 Å². The molecule has 3 aromatic rings. The quantitative estimate of drug-likeness (QED) is 0.749. The van der Waals surface area contributed by atoms with E-state index in [1.54, 1.807) is 18.6 Å². The number of anilines is 3. The lowest BCUT2D eigenvalue weighted by Crippen LogP contribution is -1.98. The highest BCUT2D eigenvalue weighted by molar-refractivity contribution is 6.31. The Labute approximate surface area is 114 Å². The lowest BCUT2D eigenvalue weighted by molar-refractivity contribution is 1.18. The van der Waals surface area contributed by atoms with Crippen molar-refractivity contribution in [2.75, 3.05) is 11.1 Å². The third-order valence-electron chi connectivity index (χ3n) is 2.66. The molecule has 3 N–H and O–H groups in total. The lowest BCUT2D eigenvalue weighted by Gasteiger charge is -2.08. The lowest BCUT2D eigenvalue weighted by atomic mass is 10.1. The van der Waals surface area contributed by atoms with Gasteiger partial charge in [0.25, 0.3) is 0 Å². The van der Waals surface area contributed by atoms with Gasteiger partial charge in [0.15, 0.2) is 0 Å². The van der Waals surface area contributed by atoms with E-state index in [0.29, 0.717) is 16.5 Å². The van der Waals surface area contributed by atoms with Crippen molar-refractivity contribution in [1.82, 2.24) is 15.0 Å². The van der Waals surface area contributed by atoms with E-state index in [9.17, 15) is 0 Å². The number of nitrogens with two attached hydrogens (primary N) is 1. The smallest absolute Gasteiger partial charge is 0.220 e. The topological polar surface area (TPSA) is 76.7 Å². The minimum absolute atomic E-state index is 0.236. The van der Waals surface area contributed by atoms with Gasteiger partial charge < -0.3 is 11.1 Å². The van der Waals surface area contributed by atoms with Crippen molar-refractivity contribution in [2.24, 2.45) is 0 Å². The van der Waals surface area contributed by atoms with Crippen molar-refractivity contribution >= 4 is 39.8 Å². The SMILES string of the molecule is Nc1ncc(Nc2nccc3ccc(Cl)cc23)cn1. The summed E-state index contributed by atoms with van der Waals surface area (Å²) in [6.07, 6.45) is 4.94. The Morgan fingerprint density at radius 3 is 2.63 bits per heavy atom. The molecule has 0 bridgehead atoms. The van der Waals surface area contributed by atoms with Crippen LogP contribution >= 0.6 is 11.6 Å². The fraction of sp³-hybridized carbons (Fsp3) is 0. The molecule has 2 aromatic heterocycles. The maximum absolute atomic E-state index is 6.02. The van der Waals surface area contributed by atoms with Crippen LogP contribution in [-0.4, -0.2) is 15.0 Å². The monoisotopic (exact) mass is 271 g/mol. The zero-order valence-electron chi connectivity index (χ0n) is 9.84. The van der Waals surface area contributed by atoms with E-state index in [2.05, 4.69) is 20.3 Å². The second kappa shape index (κ2) is 4.70. The zero-order valence-corrected chi connectivity index (χ0v) is 10.6. The molecule has 2 heterocycles. The molecule has 0 fully saturated rings. The number of benzene rings is 1. The number of nitrogens with zero attached hydrogens (tertiary/aromatic N) is 3. The largest absolute Gasteiger partial charge is 0.368 e. The van der Waals surface area contributed by atoms with Crippen molar-refractivity contribution < 1.29 is 0 Å². The first-order chi connectivity index (χ1) is 9.22. The number of pyridine rings is 1. The average molecular weight is 272 g/mol. The van der Waals surface area contributed by atoms with E-state index < -0.39 is 0 Å². The summed E-state index contributed by atoms with van der Waals surface area (Å²) in [5, 5.41) is 5.81. The van der Waals surface area contributed by atoms with Gasteiger partial charge in [0, 0.05) is 16.6 Å². The minimum atomic E-state index is 0.236. The van der Waals surface area contributed by atoms with Crippen molar-refractivity contribution in [1.29, 1.82) is 0 Å². The van der Waals surface area contributed by atoms with Crippen LogP contribution in [0, 0.1) is 0 Å². The zero-order chi connectivity index (χ0) is 13.2. The number of rotatable bonds is 2. The molecule has 6 heteroatoms. The van der Waals surface area contributed by atoms with Gasteiger partial charge in [-0.05, 0) is 23.6 Å². The highest BCUT2D eigenvalue weighted by Gasteiger charge is 2.04. The number of nitrogen functional groups attached to an aromatic ring is 1. The van der Waals surface area contributed by atoms with Gasteiger partial charge in [-0.2, -0.15) is 0 Å². The van der Waals surface area contributed by atoms with Crippen molar-refractivity contribution in [2.45, 2.75) is 0 Å². The summed E-state index contributed by atoms with van der Waals surface area (Å²) in [5.41, 5.74) is 6.16. The molecule has 0 saturated heterocycles. The molecule has 0 atom stereocenters. The molecule has 0 saturated carbocycles. The van der Waals surface area contributed by atoms with E-state index >= 15 is 0 Å². The van der Waals surface area contributed by atoms with Crippen molar-refractivity contribution in [3.05, 3.63) is 47.9 Å². The first kappa shape index (κ1) is 11.7. The Kier molecular flexibility index (Phi) is 2.89. The maximum atomic E-state index is 6.02. The van der Waals surface area contributed by atoms with Crippen LogP contribution in [0.25, 0.3) is 10.8 Å². The van der Waals surface area contributed by atoms with Crippen LogP contribution in [0.15, 0.2) is 42.9 Å². The van der Waals surface area contributed by atoms with Crippen LogP contribution < -0.4 is 11.1 Å². The molecule has 0 spiro atoms. The highest BCUT2D eigenvalue weighted by atomic mass is 35.5. The molecular formula is C13H10ClN5. The second-order valence-corrected chi connectivity index (χ2v) is 4.42. The molecule has 0 aliphatic carbocycles. The summed E-state index contributed by atoms with van der Waals surface area (Å²) in [7, 11) is 0. The molecular weight excluding hydrogens is 262 g/mol. The average Bonchev–Trinajstić information content (AvgIpc) is 2.42. The summed E-state index contributed by atoms with van der Waals surface area (Å²) < 4.78 is 0. The maximum Gasteiger partial charge on any atom is 0.220 e. The van der Waals surface area contributed by atoms with Crippen molar-refractivity contribution in [3.8, 4) is 0 Å². The van der Waals surface area contributed by atoms with Crippen LogP contribution in [0.4, 0.5) is 17.5 Å². The molecule has 19 heavy (non-hydrogen) atoms. The summed E-state index contributed by atoms with van der Waals surface area (Å²) in [6, 6.07) is 7.59. The summed E-state index contributed by atoms with van der Waals surface area (Å²) in [4.78, 5) is 12.2. The summed E-state index contributed by atoms with van der Waals surface area (Å²) >= 11 is 6.02. The predicted molar refractivity (Wildman–Crippen MR) is 76.5 cm³/mol.